The van der Waals surface area contributed by atoms with Crippen molar-refractivity contribution < 1.29 is 14.0 Å². The number of primary amides is 1. The van der Waals surface area contributed by atoms with Crippen LogP contribution in [0.2, 0.25) is 0 Å². The molecule has 2 heterocycles. The van der Waals surface area contributed by atoms with Gasteiger partial charge in [0, 0.05) is 6.20 Å². The molecule has 0 aliphatic carbocycles. The normalized spacial score (nSPS) is 10.6. The number of nitrogens with two attached hydrogens (primary N) is 1. The first-order valence-electron chi connectivity index (χ1n) is 7.62. The Morgan fingerprint density at radius 2 is 2.04 bits per heavy atom. The molecule has 0 aliphatic rings. The number of halogens is 1. The summed E-state index contributed by atoms with van der Waals surface area (Å²) in [5.41, 5.74) is 7.55. The van der Waals surface area contributed by atoms with E-state index in [0.717, 1.165) is 0 Å². The van der Waals surface area contributed by atoms with E-state index in [1.807, 2.05) is 6.92 Å². The number of anilines is 1. The largest absolute Gasteiger partial charge is 0.364 e. The fourth-order valence-corrected chi connectivity index (χ4v) is 2.52. The molecule has 0 saturated heterocycles. The second kappa shape index (κ2) is 6.60. The Balaban J connectivity index is 1.87. The van der Waals surface area contributed by atoms with E-state index in [4.69, 9.17) is 5.73 Å². The van der Waals surface area contributed by atoms with Crippen LogP contribution in [0.1, 0.15) is 33.5 Å². The SMILES string of the molecule is CCc1c(C(=O)Nc2c[nH]c(C(N)=O)c2)cnn1-c1ccc(F)cc1. The maximum absolute atomic E-state index is 13.1. The lowest BCUT2D eigenvalue weighted by Gasteiger charge is -2.08. The van der Waals surface area contributed by atoms with Gasteiger partial charge in [-0.25, -0.2) is 9.07 Å². The predicted octanol–water partition coefficient (Wildman–Crippen LogP) is 2.25. The average Bonchev–Trinajstić information content (AvgIpc) is 3.22. The average molecular weight is 341 g/mol. The molecule has 4 N–H and O–H groups in total. The van der Waals surface area contributed by atoms with E-state index >= 15 is 0 Å². The fourth-order valence-electron chi connectivity index (χ4n) is 2.52. The maximum Gasteiger partial charge on any atom is 0.265 e. The molecule has 0 fully saturated rings. The Morgan fingerprint density at radius 3 is 2.64 bits per heavy atom. The summed E-state index contributed by atoms with van der Waals surface area (Å²) in [4.78, 5) is 26.3. The molecule has 3 rings (SSSR count). The number of carbonyl (C=O) groups excluding carboxylic acids is 2. The summed E-state index contributed by atoms with van der Waals surface area (Å²) in [6, 6.07) is 7.31. The van der Waals surface area contributed by atoms with Gasteiger partial charge in [0.15, 0.2) is 0 Å². The Hall–Kier alpha value is -3.42. The van der Waals surface area contributed by atoms with E-state index in [1.54, 1.807) is 16.8 Å². The van der Waals surface area contributed by atoms with Crippen LogP contribution in [0.5, 0.6) is 0 Å². The highest BCUT2D eigenvalue weighted by Gasteiger charge is 2.18. The summed E-state index contributed by atoms with van der Waals surface area (Å²) in [5.74, 6) is -1.32. The lowest BCUT2D eigenvalue weighted by molar-refractivity contribution is 0.0993. The van der Waals surface area contributed by atoms with Crippen molar-refractivity contribution in [2.24, 2.45) is 5.73 Å². The van der Waals surface area contributed by atoms with E-state index in [2.05, 4.69) is 15.4 Å². The van der Waals surface area contributed by atoms with Crippen LogP contribution in [0.3, 0.4) is 0 Å². The van der Waals surface area contributed by atoms with E-state index < -0.39 is 5.91 Å². The van der Waals surface area contributed by atoms with Crippen molar-refractivity contribution in [3.05, 3.63) is 65.5 Å². The summed E-state index contributed by atoms with van der Waals surface area (Å²) in [6.07, 6.45) is 3.49. The minimum Gasteiger partial charge on any atom is -0.364 e. The molecule has 0 spiro atoms. The second-order valence-corrected chi connectivity index (χ2v) is 5.37. The van der Waals surface area contributed by atoms with E-state index in [0.29, 0.717) is 29.1 Å². The molecular weight excluding hydrogens is 325 g/mol. The number of amides is 2. The third-order valence-electron chi connectivity index (χ3n) is 3.73. The van der Waals surface area contributed by atoms with Crippen molar-refractivity contribution in [2.45, 2.75) is 13.3 Å². The number of nitrogens with one attached hydrogen (secondary N) is 2. The number of carbonyl (C=O) groups is 2. The van der Waals surface area contributed by atoms with E-state index in [-0.39, 0.29) is 17.4 Å². The molecule has 0 unspecified atom stereocenters. The highest BCUT2D eigenvalue weighted by atomic mass is 19.1. The summed E-state index contributed by atoms with van der Waals surface area (Å²) in [7, 11) is 0. The molecule has 2 amide bonds. The molecule has 1 aromatic carbocycles. The maximum atomic E-state index is 13.1. The van der Waals surface area contributed by atoms with Gasteiger partial charge in [0.2, 0.25) is 0 Å². The molecule has 0 aliphatic heterocycles. The molecule has 0 bridgehead atoms. The van der Waals surface area contributed by atoms with E-state index in [1.165, 1.54) is 30.6 Å². The van der Waals surface area contributed by atoms with Crippen LogP contribution in [0, 0.1) is 5.82 Å². The highest BCUT2D eigenvalue weighted by Crippen LogP contribution is 2.18. The van der Waals surface area contributed by atoms with Crippen LogP contribution in [0.25, 0.3) is 5.69 Å². The molecule has 0 atom stereocenters. The van der Waals surface area contributed by atoms with Gasteiger partial charge in [0.05, 0.1) is 28.8 Å². The Kier molecular flexibility index (Phi) is 4.34. The van der Waals surface area contributed by atoms with Crippen molar-refractivity contribution in [3.63, 3.8) is 0 Å². The Labute approximate surface area is 142 Å². The van der Waals surface area contributed by atoms with Crippen molar-refractivity contribution in [2.75, 3.05) is 5.32 Å². The van der Waals surface area contributed by atoms with Gasteiger partial charge < -0.3 is 16.0 Å². The standard InChI is InChI=1S/C17H16FN5O2/c1-2-15-13(9-21-23(15)12-5-3-10(18)4-6-12)17(25)22-11-7-14(16(19)24)20-8-11/h3-9,20H,2H2,1H3,(H2,19,24)(H,22,25). The van der Waals surface area contributed by atoms with Crippen molar-refractivity contribution in [1.29, 1.82) is 0 Å². The smallest absolute Gasteiger partial charge is 0.265 e. The second-order valence-electron chi connectivity index (χ2n) is 5.37. The molecular formula is C17H16FN5O2. The first-order valence-corrected chi connectivity index (χ1v) is 7.62. The zero-order valence-corrected chi connectivity index (χ0v) is 13.4. The number of aromatic amines is 1. The lowest BCUT2D eigenvalue weighted by atomic mass is 10.2. The predicted molar refractivity (Wildman–Crippen MR) is 90.2 cm³/mol. The minimum atomic E-state index is -0.612. The van der Waals surface area contributed by atoms with Gasteiger partial charge in [-0.1, -0.05) is 6.92 Å². The summed E-state index contributed by atoms with van der Waals surface area (Å²) < 4.78 is 14.7. The lowest BCUT2D eigenvalue weighted by Crippen LogP contribution is -2.14. The molecule has 0 radical (unpaired) electrons. The number of rotatable bonds is 5. The number of hydrogen-bond acceptors (Lipinski definition) is 3. The van der Waals surface area contributed by atoms with Gasteiger partial charge >= 0.3 is 0 Å². The van der Waals surface area contributed by atoms with Gasteiger partial charge in [-0.15, -0.1) is 0 Å². The van der Waals surface area contributed by atoms with Crippen LogP contribution >= 0.6 is 0 Å². The molecule has 128 valence electrons. The summed E-state index contributed by atoms with van der Waals surface area (Å²) >= 11 is 0. The quantitative estimate of drug-likeness (QED) is 0.662. The van der Waals surface area contributed by atoms with Crippen molar-refractivity contribution in [1.82, 2.24) is 14.8 Å². The Bertz CT molecular complexity index is 927. The van der Waals surface area contributed by atoms with Gasteiger partial charge in [-0.3, -0.25) is 9.59 Å². The van der Waals surface area contributed by atoms with Crippen LogP contribution in [-0.2, 0) is 6.42 Å². The number of aromatic nitrogens is 3. The van der Waals surface area contributed by atoms with E-state index in [9.17, 15) is 14.0 Å². The van der Waals surface area contributed by atoms with Gasteiger partial charge in [0.1, 0.15) is 11.5 Å². The molecule has 0 saturated carbocycles. The summed E-state index contributed by atoms with van der Waals surface area (Å²) in [6.45, 7) is 1.90. The third-order valence-corrected chi connectivity index (χ3v) is 3.73. The first-order chi connectivity index (χ1) is 12.0. The number of hydrogen-bond donors (Lipinski definition) is 3. The minimum absolute atomic E-state index is 0.202. The molecule has 25 heavy (non-hydrogen) atoms. The van der Waals surface area contributed by atoms with Crippen molar-refractivity contribution in [3.8, 4) is 5.69 Å². The summed E-state index contributed by atoms with van der Waals surface area (Å²) in [5, 5.41) is 6.93. The van der Waals surface area contributed by atoms with Gasteiger partial charge in [-0.2, -0.15) is 5.10 Å². The zero-order chi connectivity index (χ0) is 18.0. The number of nitrogens with zero attached hydrogens (tertiary/aromatic N) is 2. The monoisotopic (exact) mass is 341 g/mol. The van der Waals surface area contributed by atoms with Crippen LogP contribution < -0.4 is 11.1 Å². The van der Waals surface area contributed by atoms with Crippen LogP contribution in [0.15, 0.2) is 42.7 Å². The first kappa shape index (κ1) is 16.4. The third kappa shape index (κ3) is 3.27. The topological polar surface area (TPSA) is 106 Å². The molecule has 7 nitrogen and oxygen atoms in total. The fraction of sp³-hybridized carbons (Fsp3) is 0.118. The molecule has 8 heteroatoms. The number of H-pyrrole nitrogens is 1. The molecule has 2 aromatic heterocycles. The van der Waals surface area contributed by atoms with Crippen LogP contribution in [0.4, 0.5) is 10.1 Å². The molecule has 3 aromatic rings. The van der Waals surface area contributed by atoms with Gasteiger partial charge in [-0.05, 0) is 36.8 Å². The van der Waals surface area contributed by atoms with Crippen molar-refractivity contribution >= 4 is 17.5 Å². The van der Waals surface area contributed by atoms with Gasteiger partial charge in [0.25, 0.3) is 11.8 Å². The Morgan fingerprint density at radius 1 is 1.32 bits per heavy atom. The number of benzene rings is 1. The van der Waals surface area contributed by atoms with Crippen LogP contribution in [-0.4, -0.2) is 26.6 Å². The zero-order valence-electron chi connectivity index (χ0n) is 13.4. The highest BCUT2D eigenvalue weighted by molar-refractivity contribution is 6.05.